The molecule has 24 heavy (non-hydrogen) atoms. The number of rotatable bonds is 2. The minimum atomic E-state index is -0.590. The summed E-state index contributed by atoms with van der Waals surface area (Å²) in [4.78, 5) is 12.5. The van der Waals surface area contributed by atoms with Crippen LogP contribution in [-0.2, 0) is 4.79 Å². The number of hydrogen-bond acceptors (Lipinski definition) is 4. The Morgan fingerprint density at radius 2 is 1.88 bits per heavy atom. The number of aryl methyl sites for hydroxylation is 1. The number of carbonyl (C=O) groups is 1. The fourth-order valence-corrected chi connectivity index (χ4v) is 3.59. The smallest absolute Gasteiger partial charge is 0.243 e. The Balaban J connectivity index is 1.99. The summed E-state index contributed by atoms with van der Waals surface area (Å²) in [6.07, 6.45) is 0. The number of aliphatic hydroxyl groups excluding tert-OH is 1. The number of nitrogens with zero attached hydrogens (tertiary/aromatic N) is 1. The van der Waals surface area contributed by atoms with Crippen molar-refractivity contribution in [2.75, 3.05) is 10.8 Å². The molecule has 0 bridgehead atoms. The summed E-state index contributed by atoms with van der Waals surface area (Å²) in [6.45, 7) is 1.74. The zero-order valence-electron chi connectivity index (χ0n) is 12.5. The van der Waals surface area contributed by atoms with Gasteiger partial charge in [-0.25, -0.2) is 4.39 Å². The average molecular weight is 384 g/mol. The van der Waals surface area contributed by atoms with Crippen molar-refractivity contribution >= 4 is 51.5 Å². The molecule has 2 aromatic carbocycles. The molecule has 3 rings (SSSR count). The fraction of sp³-hybridized carbons (Fsp3) is 0.118. The molecule has 1 N–H and O–H groups in total. The van der Waals surface area contributed by atoms with E-state index >= 15 is 0 Å². The standard InChI is InChI=1S/C17H12Cl2FNO2S/c1-9-6-14(20)12(7-13(9)19)16-15(22)8-21(24-17(16)23)11-4-2-10(18)3-5-11/h2-7,22H,8H2,1H3. The summed E-state index contributed by atoms with van der Waals surface area (Å²) >= 11 is 12.8. The van der Waals surface area contributed by atoms with E-state index in [1.165, 1.54) is 12.1 Å². The lowest BCUT2D eigenvalue weighted by molar-refractivity contribution is -0.106. The molecule has 0 atom stereocenters. The molecule has 3 nitrogen and oxygen atoms in total. The maximum atomic E-state index is 14.2. The van der Waals surface area contributed by atoms with Crippen LogP contribution in [0.25, 0.3) is 5.57 Å². The van der Waals surface area contributed by atoms with Crippen molar-refractivity contribution in [3.05, 3.63) is 69.1 Å². The molecule has 0 saturated carbocycles. The molecule has 0 spiro atoms. The first-order valence-electron chi connectivity index (χ1n) is 7.00. The largest absolute Gasteiger partial charge is 0.510 e. The van der Waals surface area contributed by atoms with Gasteiger partial charge in [0.15, 0.2) is 0 Å². The van der Waals surface area contributed by atoms with Gasteiger partial charge < -0.3 is 9.41 Å². The van der Waals surface area contributed by atoms with E-state index in [4.69, 9.17) is 23.2 Å². The highest BCUT2D eigenvalue weighted by atomic mass is 35.5. The summed E-state index contributed by atoms with van der Waals surface area (Å²) in [5.74, 6) is -0.792. The van der Waals surface area contributed by atoms with Crippen LogP contribution in [0.1, 0.15) is 11.1 Å². The second kappa shape index (κ2) is 6.67. The van der Waals surface area contributed by atoms with Gasteiger partial charge in [-0.15, -0.1) is 0 Å². The van der Waals surface area contributed by atoms with Gasteiger partial charge in [0.1, 0.15) is 11.6 Å². The van der Waals surface area contributed by atoms with Crippen molar-refractivity contribution in [2.45, 2.75) is 6.92 Å². The van der Waals surface area contributed by atoms with E-state index in [0.29, 0.717) is 21.3 Å². The van der Waals surface area contributed by atoms with Crippen molar-refractivity contribution in [1.82, 2.24) is 0 Å². The Kier molecular flexibility index (Phi) is 4.76. The number of anilines is 1. The molecule has 1 aliphatic rings. The van der Waals surface area contributed by atoms with Crippen LogP contribution in [0, 0.1) is 12.7 Å². The van der Waals surface area contributed by atoms with Crippen LogP contribution in [0.3, 0.4) is 0 Å². The minimum absolute atomic E-state index is 0.0105. The monoisotopic (exact) mass is 383 g/mol. The normalized spacial score (nSPS) is 15.2. The van der Waals surface area contributed by atoms with Gasteiger partial charge in [-0.2, -0.15) is 0 Å². The van der Waals surface area contributed by atoms with E-state index < -0.39 is 10.9 Å². The average Bonchev–Trinajstić information content (AvgIpc) is 2.52. The van der Waals surface area contributed by atoms with Crippen LogP contribution in [0.15, 0.2) is 42.2 Å². The third-order valence-electron chi connectivity index (χ3n) is 3.61. The van der Waals surface area contributed by atoms with Gasteiger partial charge in [-0.1, -0.05) is 23.2 Å². The second-order valence-corrected chi connectivity index (χ2v) is 7.13. The zero-order chi connectivity index (χ0) is 17.4. The van der Waals surface area contributed by atoms with Crippen molar-refractivity contribution in [3.8, 4) is 0 Å². The lowest BCUT2D eigenvalue weighted by Crippen LogP contribution is -2.27. The molecular weight excluding hydrogens is 372 g/mol. The first-order chi connectivity index (χ1) is 11.4. The fourth-order valence-electron chi connectivity index (χ4n) is 2.37. The summed E-state index contributed by atoms with van der Waals surface area (Å²) in [5.41, 5.74) is 1.24. The Morgan fingerprint density at radius 3 is 2.50 bits per heavy atom. The molecular formula is C17H12Cl2FNO2S. The third-order valence-corrected chi connectivity index (χ3v) is 5.20. The number of aliphatic hydroxyl groups is 1. The van der Waals surface area contributed by atoms with Crippen molar-refractivity contribution < 1.29 is 14.3 Å². The van der Waals surface area contributed by atoms with Gasteiger partial charge in [-0.05, 0) is 48.9 Å². The van der Waals surface area contributed by atoms with Gasteiger partial charge in [0.2, 0.25) is 5.12 Å². The summed E-state index contributed by atoms with van der Waals surface area (Å²) in [5, 5.41) is 10.8. The van der Waals surface area contributed by atoms with E-state index in [2.05, 4.69) is 0 Å². The quantitative estimate of drug-likeness (QED) is 0.704. The van der Waals surface area contributed by atoms with E-state index in [0.717, 1.165) is 11.9 Å². The van der Waals surface area contributed by atoms with E-state index in [9.17, 15) is 14.3 Å². The Morgan fingerprint density at radius 1 is 1.21 bits per heavy atom. The first kappa shape index (κ1) is 17.1. The summed E-state index contributed by atoms with van der Waals surface area (Å²) in [6, 6.07) is 9.49. The molecule has 0 amide bonds. The summed E-state index contributed by atoms with van der Waals surface area (Å²) in [7, 11) is 0. The van der Waals surface area contributed by atoms with E-state index in [1.807, 2.05) is 0 Å². The van der Waals surface area contributed by atoms with Crippen LogP contribution in [-0.4, -0.2) is 16.8 Å². The van der Waals surface area contributed by atoms with Crippen molar-refractivity contribution in [3.63, 3.8) is 0 Å². The zero-order valence-corrected chi connectivity index (χ0v) is 14.8. The predicted octanol–water partition coefficient (Wildman–Crippen LogP) is 5.41. The number of benzene rings is 2. The van der Waals surface area contributed by atoms with Crippen LogP contribution >= 0.6 is 35.1 Å². The van der Waals surface area contributed by atoms with E-state index in [1.54, 1.807) is 35.5 Å². The van der Waals surface area contributed by atoms with Gasteiger partial charge in [0.05, 0.1) is 12.1 Å². The molecule has 0 unspecified atom stereocenters. The molecule has 1 aliphatic heterocycles. The van der Waals surface area contributed by atoms with Gasteiger partial charge >= 0.3 is 0 Å². The third kappa shape index (κ3) is 3.24. The molecule has 2 aromatic rings. The van der Waals surface area contributed by atoms with Crippen molar-refractivity contribution in [1.29, 1.82) is 0 Å². The molecule has 124 valence electrons. The molecule has 0 aliphatic carbocycles. The van der Waals surface area contributed by atoms with Crippen molar-refractivity contribution in [2.24, 2.45) is 0 Å². The van der Waals surface area contributed by atoms with Gasteiger partial charge in [0, 0.05) is 33.2 Å². The topological polar surface area (TPSA) is 40.5 Å². The SMILES string of the molecule is Cc1cc(F)c(C2=C(O)CN(c3ccc(Cl)cc3)SC2=O)cc1Cl. The maximum Gasteiger partial charge on any atom is 0.243 e. The maximum absolute atomic E-state index is 14.2. The van der Waals surface area contributed by atoms with Crippen LogP contribution in [0.4, 0.5) is 10.1 Å². The number of halogens is 3. The highest BCUT2D eigenvalue weighted by Gasteiger charge is 2.30. The molecule has 7 heteroatoms. The second-order valence-electron chi connectivity index (χ2n) is 5.29. The van der Waals surface area contributed by atoms with E-state index in [-0.39, 0.29) is 23.4 Å². The first-order valence-corrected chi connectivity index (χ1v) is 8.53. The van der Waals surface area contributed by atoms with Gasteiger partial charge in [0.25, 0.3) is 0 Å². The van der Waals surface area contributed by atoms with Crippen LogP contribution in [0.5, 0.6) is 0 Å². The minimum Gasteiger partial charge on any atom is -0.510 e. The number of carbonyl (C=O) groups excluding carboxylic acids is 1. The molecule has 0 saturated heterocycles. The van der Waals surface area contributed by atoms with Crippen LogP contribution < -0.4 is 4.31 Å². The molecule has 0 aromatic heterocycles. The molecule has 0 fully saturated rings. The Hall–Kier alpha value is -1.69. The Bertz CT molecular complexity index is 852. The van der Waals surface area contributed by atoms with Gasteiger partial charge in [-0.3, -0.25) is 4.79 Å². The lowest BCUT2D eigenvalue weighted by Gasteiger charge is -2.28. The molecule has 1 heterocycles. The summed E-state index contributed by atoms with van der Waals surface area (Å²) < 4.78 is 15.8. The highest BCUT2D eigenvalue weighted by molar-refractivity contribution is 8.16. The lowest BCUT2D eigenvalue weighted by atomic mass is 10.0. The number of hydrogen-bond donors (Lipinski definition) is 1. The Labute approximate surface area is 152 Å². The van der Waals surface area contributed by atoms with Crippen LogP contribution in [0.2, 0.25) is 10.0 Å². The predicted molar refractivity (Wildman–Crippen MR) is 97.1 cm³/mol. The highest BCUT2D eigenvalue weighted by Crippen LogP contribution is 2.37. The molecule has 0 radical (unpaired) electrons.